The van der Waals surface area contributed by atoms with Crippen LogP contribution in [0.2, 0.25) is 0 Å². The van der Waals surface area contributed by atoms with Gasteiger partial charge in [-0.25, -0.2) is 8.78 Å². The second-order valence-electron chi connectivity index (χ2n) is 3.98. The van der Waals surface area contributed by atoms with Crippen LogP contribution >= 0.6 is 11.8 Å². The maximum Gasteiger partial charge on any atom is 0.163 e. The van der Waals surface area contributed by atoms with Crippen molar-refractivity contribution < 1.29 is 8.78 Å². The van der Waals surface area contributed by atoms with Gasteiger partial charge in [-0.1, -0.05) is 12.1 Å². The zero-order valence-electron chi connectivity index (χ0n) is 9.01. The highest BCUT2D eigenvalue weighted by Gasteiger charge is 2.14. The highest BCUT2D eigenvalue weighted by molar-refractivity contribution is 7.99. The standard InChI is InChI=1S/C12H15F2NS/c13-11-3-1-2-9(12(11)14)8-15-10-4-6-16-7-5-10/h1-3,10,15H,4-8H2. The van der Waals surface area contributed by atoms with Crippen molar-refractivity contribution in [2.45, 2.75) is 25.4 Å². The SMILES string of the molecule is Fc1cccc(CNC2CCSCC2)c1F. The molecule has 0 radical (unpaired) electrons. The summed E-state index contributed by atoms with van der Waals surface area (Å²) >= 11 is 1.95. The molecule has 0 saturated carbocycles. The fraction of sp³-hybridized carbons (Fsp3) is 0.500. The van der Waals surface area contributed by atoms with Crippen LogP contribution in [0.15, 0.2) is 18.2 Å². The normalized spacial score (nSPS) is 17.6. The van der Waals surface area contributed by atoms with Crippen molar-refractivity contribution in [3.63, 3.8) is 0 Å². The van der Waals surface area contributed by atoms with Crippen LogP contribution in [-0.2, 0) is 6.54 Å². The van der Waals surface area contributed by atoms with Gasteiger partial charge >= 0.3 is 0 Å². The summed E-state index contributed by atoms with van der Waals surface area (Å²) in [5.41, 5.74) is 0.415. The molecule has 1 aliphatic rings. The van der Waals surface area contributed by atoms with E-state index in [1.165, 1.54) is 0 Å². The largest absolute Gasteiger partial charge is 0.310 e. The summed E-state index contributed by atoms with van der Waals surface area (Å²) in [5.74, 6) is 0.825. The Balaban J connectivity index is 1.91. The van der Waals surface area contributed by atoms with Gasteiger partial charge in [-0.3, -0.25) is 0 Å². The van der Waals surface area contributed by atoms with Crippen LogP contribution in [0, 0.1) is 11.6 Å². The molecule has 0 unspecified atom stereocenters. The first-order valence-corrected chi connectivity index (χ1v) is 6.67. The summed E-state index contributed by atoms with van der Waals surface area (Å²) in [5, 5.41) is 3.29. The van der Waals surface area contributed by atoms with Gasteiger partial charge in [0.2, 0.25) is 0 Å². The average Bonchev–Trinajstić information content (AvgIpc) is 2.32. The Morgan fingerprint density at radius 2 is 2.00 bits per heavy atom. The van der Waals surface area contributed by atoms with E-state index in [0.717, 1.165) is 30.4 Å². The van der Waals surface area contributed by atoms with Crippen LogP contribution in [0.1, 0.15) is 18.4 Å². The molecule has 1 saturated heterocycles. The first-order valence-electron chi connectivity index (χ1n) is 5.51. The molecule has 1 heterocycles. The summed E-state index contributed by atoms with van der Waals surface area (Å²) in [6, 6.07) is 4.77. The van der Waals surface area contributed by atoms with Gasteiger partial charge in [0.15, 0.2) is 11.6 Å². The Morgan fingerprint density at radius 1 is 1.25 bits per heavy atom. The van der Waals surface area contributed by atoms with Gasteiger partial charge in [-0.15, -0.1) is 0 Å². The smallest absolute Gasteiger partial charge is 0.163 e. The van der Waals surface area contributed by atoms with Gasteiger partial charge in [-0.2, -0.15) is 11.8 Å². The number of rotatable bonds is 3. The van der Waals surface area contributed by atoms with Crippen molar-refractivity contribution in [3.05, 3.63) is 35.4 Å². The maximum absolute atomic E-state index is 13.3. The van der Waals surface area contributed by atoms with Crippen molar-refractivity contribution in [1.82, 2.24) is 5.32 Å². The fourth-order valence-corrected chi connectivity index (χ4v) is 2.95. The lowest BCUT2D eigenvalue weighted by atomic mass is 10.1. The number of thioether (sulfide) groups is 1. The molecule has 2 rings (SSSR count). The van der Waals surface area contributed by atoms with E-state index >= 15 is 0 Å². The van der Waals surface area contributed by atoms with Gasteiger partial charge in [0, 0.05) is 18.2 Å². The molecule has 1 fully saturated rings. The molecule has 1 nitrogen and oxygen atoms in total. The lowest BCUT2D eigenvalue weighted by Crippen LogP contribution is -2.32. The highest BCUT2D eigenvalue weighted by Crippen LogP contribution is 2.18. The fourth-order valence-electron chi connectivity index (χ4n) is 1.84. The molecule has 1 aromatic carbocycles. The summed E-state index contributed by atoms with van der Waals surface area (Å²) in [7, 11) is 0. The van der Waals surface area contributed by atoms with Gasteiger partial charge in [0.1, 0.15) is 0 Å². The second-order valence-corrected chi connectivity index (χ2v) is 5.21. The highest BCUT2D eigenvalue weighted by atomic mass is 32.2. The Hall–Kier alpha value is -0.610. The van der Waals surface area contributed by atoms with Crippen molar-refractivity contribution >= 4 is 11.8 Å². The lowest BCUT2D eigenvalue weighted by Gasteiger charge is -2.22. The molecule has 1 aromatic rings. The molecular formula is C12H15F2NS. The maximum atomic E-state index is 13.3. The Morgan fingerprint density at radius 3 is 2.75 bits per heavy atom. The van der Waals surface area contributed by atoms with Crippen LogP contribution in [0.3, 0.4) is 0 Å². The topological polar surface area (TPSA) is 12.0 Å². The number of benzene rings is 1. The predicted octanol–water partition coefficient (Wildman–Crippen LogP) is 2.95. The van der Waals surface area contributed by atoms with Gasteiger partial charge in [-0.05, 0) is 30.4 Å². The summed E-state index contributed by atoms with van der Waals surface area (Å²) in [4.78, 5) is 0. The number of hydrogen-bond acceptors (Lipinski definition) is 2. The van der Waals surface area contributed by atoms with Crippen LogP contribution in [0.5, 0.6) is 0 Å². The van der Waals surface area contributed by atoms with E-state index < -0.39 is 11.6 Å². The molecule has 0 bridgehead atoms. The van der Waals surface area contributed by atoms with Gasteiger partial charge < -0.3 is 5.32 Å². The molecule has 1 aliphatic heterocycles. The molecule has 1 N–H and O–H groups in total. The van der Waals surface area contributed by atoms with Gasteiger partial charge in [0.25, 0.3) is 0 Å². The van der Waals surface area contributed by atoms with E-state index in [1.807, 2.05) is 11.8 Å². The number of halogens is 2. The van der Waals surface area contributed by atoms with Crippen molar-refractivity contribution in [2.75, 3.05) is 11.5 Å². The zero-order chi connectivity index (χ0) is 11.4. The minimum absolute atomic E-state index is 0.415. The Labute approximate surface area is 98.6 Å². The Kier molecular flexibility index (Phi) is 4.18. The number of hydrogen-bond donors (Lipinski definition) is 1. The molecule has 16 heavy (non-hydrogen) atoms. The third-order valence-electron chi connectivity index (χ3n) is 2.83. The zero-order valence-corrected chi connectivity index (χ0v) is 9.83. The molecular weight excluding hydrogens is 228 g/mol. The molecule has 88 valence electrons. The van der Waals surface area contributed by atoms with E-state index in [0.29, 0.717) is 18.2 Å². The molecule has 0 amide bonds. The molecule has 0 aliphatic carbocycles. The van der Waals surface area contributed by atoms with Crippen LogP contribution in [0.4, 0.5) is 8.78 Å². The lowest BCUT2D eigenvalue weighted by molar-refractivity contribution is 0.457. The van der Waals surface area contributed by atoms with E-state index in [-0.39, 0.29) is 0 Å². The molecule has 0 spiro atoms. The average molecular weight is 243 g/mol. The summed E-state index contributed by atoms with van der Waals surface area (Å²) in [6.07, 6.45) is 2.23. The first kappa shape index (κ1) is 11.9. The number of nitrogens with one attached hydrogen (secondary N) is 1. The van der Waals surface area contributed by atoms with Crippen LogP contribution in [-0.4, -0.2) is 17.5 Å². The summed E-state index contributed by atoms with van der Waals surface area (Å²) in [6.45, 7) is 0.416. The predicted molar refractivity (Wildman–Crippen MR) is 63.5 cm³/mol. The van der Waals surface area contributed by atoms with Crippen LogP contribution in [0.25, 0.3) is 0 Å². The Bertz CT molecular complexity index is 351. The van der Waals surface area contributed by atoms with Crippen molar-refractivity contribution in [3.8, 4) is 0 Å². The van der Waals surface area contributed by atoms with Crippen molar-refractivity contribution in [1.29, 1.82) is 0 Å². The van der Waals surface area contributed by atoms with Gasteiger partial charge in [0.05, 0.1) is 0 Å². The third-order valence-corrected chi connectivity index (χ3v) is 3.88. The minimum atomic E-state index is -0.765. The first-order chi connectivity index (χ1) is 7.77. The van der Waals surface area contributed by atoms with Crippen molar-refractivity contribution in [2.24, 2.45) is 0 Å². The van der Waals surface area contributed by atoms with Crippen LogP contribution < -0.4 is 5.32 Å². The third kappa shape index (κ3) is 2.95. The van der Waals surface area contributed by atoms with E-state index in [2.05, 4.69) is 5.32 Å². The quantitative estimate of drug-likeness (QED) is 0.876. The summed E-state index contributed by atoms with van der Waals surface area (Å²) < 4.78 is 26.3. The minimum Gasteiger partial charge on any atom is -0.310 e. The second kappa shape index (κ2) is 5.64. The van der Waals surface area contributed by atoms with E-state index in [9.17, 15) is 8.78 Å². The molecule has 0 aromatic heterocycles. The molecule has 4 heteroatoms. The molecule has 0 atom stereocenters. The monoisotopic (exact) mass is 243 g/mol. The van der Waals surface area contributed by atoms with E-state index in [4.69, 9.17) is 0 Å². The van der Waals surface area contributed by atoms with E-state index in [1.54, 1.807) is 12.1 Å².